The fourth-order valence-corrected chi connectivity index (χ4v) is 1.80. The topological polar surface area (TPSA) is 0 Å². The van der Waals surface area contributed by atoms with E-state index in [1.165, 1.54) is 0 Å². The van der Waals surface area contributed by atoms with Gasteiger partial charge in [0.05, 0.1) is 0 Å². The van der Waals surface area contributed by atoms with Crippen LogP contribution in [0.25, 0.3) is 5.57 Å². The van der Waals surface area contributed by atoms with Gasteiger partial charge in [-0.25, -0.2) is 0 Å². The first-order chi connectivity index (χ1) is 7.19. The highest BCUT2D eigenvalue weighted by atomic mass is 79.9. The van der Waals surface area contributed by atoms with E-state index >= 15 is 0 Å². The van der Waals surface area contributed by atoms with E-state index in [4.69, 9.17) is 11.6 Å². The zero-order valence-electron chi connectivity index (χ0n) is 8.50. The van der Waals surface area contributed by atoms with Gasteiger partial charge in [-0.3, -0.25) is 0 Å². The minimum absolute atomic E-state index is 0.735. The Balaban J connectivity index is 3.28. The molecule has 0 unspecified atom stereocenters. The lowest BCUT2D eigenvalue weighted by atomic mass is 10.1. The lowest BCUT2D eigenvalue weighted by molar-refractivity contribution is 1.60. The van der Waals surface area contributed by atoms with Crippen molar-refractivity contribution in [3.05, 3.63) is 64.1 Å². The summed E-state index contributed by atoms with van der Waals surface area (Å²) in [5.74, 6) is 0. The quantitative estimate of drug-likeness (QED) is 0.668. The Labute approximate surface area is 104 Å². The summed E-state index contributed by atoms with van der Waals surface area (Å²) in [6.07, 6.45) is 5.79. The number of benzene rings is 1. The van der Waals surface area contributed by atoms with Gasteiger partial charge in [-0.15, -0.1) is 0 Å². The van der Waals surface area contributed by atoms with Gasteiger partial charge in [0.2, 0.25) is 0 Å². The predicted octanol–water partition coefficient (Wildman–Crippen LogP) is 5.21. The zero-order chi connectivity index (χ0) is 11.3. The Morgan fingerprint density at radius 3 is 2.73 bits per heavy atom. The molecular formula is C13H12BrCl. The molecule has 0 aliphatic carbocycles. The van der Waals surface area contributed by atoms with E-state index in [-0.39, 0.29) is 0 Å². The van der Waals surface area contributed by atoms with Gasteiger partial charge in [-0.1, -0.05) is 64.5 Å². The van der Waals surface area contributed by atoms with Crippen LogP contribution in [0, 0.1) is 0 Å². The Morgan fingerprint density at radius 1 is 1.47 bits per heavy atom. The minimum Gasteiger partial charge on any atom is -0.0979 e. The van der Waals surface area contributed by atoms with Crippen LogP contribution in [0.15, 0.2) is 53.6 Å². The Kier molecular flexibility index (Phi) is 4.86. The number of hydrogen-bond donors (Lipinski definition) is 0. The monoisotopic (exact) mass is 282 g/mol. The van der Waals surface area contributed by atoms with Gasteiger partial charge >= 0.3 is 0 Å². The van der Waals surface area contributed by atoms with E-state index in [0.29, 0.717) is 0 Å². The molecule has 0 amide bonds. The second-order valence-corrected chi connectivity index (χ2v) is 4.27. The van der Waals surface area contributed by atoms with Gasteiger partial charge in [0.15, 0.2) is 0 Å². The summed E-state index contributed by atoms with van der Waals surface area (Å²) >= 11 is 9.42. The van der Waals surface area contributed by atoms with Crippen molar-refractivity contribution in [2.75, 3.05) is 0 Å². The molecule has 0 bridgehead atoms. The fourth-order valence-electron chi connectivity index (χ4n) is 1.25. The highest BCUT2D eigenvalue weighted by Gasteiger charge is 2.02. The SMILES string of the molecule is C=C/C(Br)=C(\C=C/C)c1cccc(Cl)c1. The van der Waals surface area contributed by atoms with Crippen molar-refractivity contribution in [2.24, 2.45) is 0 Å². The third-order valence-corrected chi connectivity index (χ3v) is 2.89. The highest BCUT2D eigenvalue weighted by Crippen LogP contribution is 2.26. The smallest absolute Gasteiger partial charge is 0.0412 e. The van der Waals surface area contributed by atoms with Gasteiger partial charge in [-0.05, 0) is 30.2 Å². The summed E-state index contributed by atoms with van der Waals surface area (Å²) in [5.41, 5.74) is 2.15. The van der Waals surface area contributed by atoms with Gasteiger partial charge in [0.25, 0.3) is 0 Å². The van der Waals surface area contributed by atoms with Crippen molar-refractivity contribution < 1.29 is 0 Å². The lowest BCUT2D eigenvalue weighted by Gasteiger charge is -2.05. The molecule has 0 saturated carbocycles. The summed E-state index contributed by atoms with van der Waals surface area (Å²) in [6.45, 7) is 5.72. The van der Waals surface area contributed by atoms with Crippen LogP contribution in [-0.4, -0.2) is 0 Å². The maximum atomic E-state index is 5.95. The molecule has 15 heavy (non-hydrogen) atoms. The predicted molar refractivity (Wildman–Crippen MR) is 72.3 cm³/mol. The molecule has 0 heterocycles. The zero-order valence-corrected chi connectivity index (χ0v) is 10.8. The van der Waals surface area contributed by atoms with Crippen molar-refractivity contribution in [3.8, 4) is 0 Å². The fraction of sp³-hybridized carbons (Fsp3) is 0.0769. The van der Waals surface area contributed by atoms with Crippen LogP contribution in [0.5, 0.6) is 0 Å². The Morgan fingerprint density at radius 2 is 2.20 bits per heavy atom. The molecule has 0 nitrogen and oxygen atoms in total. The Bertz CT molecular complexity index is 416. The molecule has 0 aliphatic rings. The normalized spacial score (nSPS) is 12.7. The van der Waals surface area contributed by atoms with Crippen LogP contribution in [0.3, 0.4) is 0 Å². The molecular weight excluding hydrogens is 272 g/mol. The molecule has 0 fully saturated rings. The Hall–Kier alpha value is -0.790. The lowest BCUT2D eigenvalue weighted by Crippen LogP contribution is -1.82. The average molecular weight is 284 g/mol. The first-order valence-corrected chi connectivity index (χ1v) is 5.77. The molecule has 0 radical (unpaired) electrons. The molecule has 0 aromatic heterocycles. The molecule has 0 atom stereocenters. The van der Waals surface area contributed by atoms with Crippen LogP contribution < -0.4 is 0 Å². The van der Waals surface area contributed by atoms with Crippen LogP contribution >= 0.6 is 27.5 Å². The summed E-state index contributed by atoms with van der Waals surface area (Å²) in [4.78, 5) is 0. The van der Waals surface area contributed by atoms with Crippen LogP contribution in [0.1, 0.15) is 12.5 Å². The average Bonchev–Trinajstić information content (AvgIpc) is 2.25. The second-order valence-electron chi connectivity index (χ2n) is 2.98. The van der Waals surface area contributed by atoms with E-state index < -0.39 is 0 Å². The third-order valence-electron chi connectivity index (χ3n) is 1.91. The maximum Gasteiger partial charge on any atom is 0.0412 e. The molecule has 0 saturated heterocycles. The van der Waals surface area contributed by atoms with E-state index in [1.54, 1.807) is 6.08 Å². The van der Waals surface area contributed by atoms with Crippen molar-refractivity contribution in [1.82, 2.24) is 0 Å². The largest absolute Gasteiger partial charge is 0.0979 e. The minimum atomic E-state index is 0.735. The van der Waals surface area contributed by atoms with E-state index in [0.717, 1.165) is 20.6 Å². The van der Waals surface area contributed by atoms with E-state index in [1.807, 2.05) is 43.3 Å². The van der Waals surface area contributed by atoms with Crippen molar-refractivity contribution in [1.29, 1.82) is 0 Å². The van der Waals surface area contributed by atoms with Crippen LogP contribution in [0.2, 0.25) is 5.02 Å². The van der Waals surface area contributed by atoms with E-state index in [2.05, 4.69) is 22.5 Å². The highest BCUT2D eigenvalue weighted by molar-refractivity contribution is 9.12. The summed E-state index contributed by atoms with van der Waals surface area (Å²) < 4.78 is 0.961. The van der Waals surface area contributed by atoms with Gasteiger partial charge in [0, 0.05) is 9.51 Å². The third kappa shape index (κ3) is 3.37. The van der Waals surface area contributed by atoms with Crippen molar-refractivity contribution >= 4 is 33.1 Å². The molecule has 1 aromatic rings. The summed E-state index contributed by atoms with van der Waals surface area (Å²) in [7, 11) is 0. The number of halogens is 2. The molecule has 0 spiro atoms. The van der Waals surface area contributed by atoms with Crippen LogP contribution in [-0.2, 0) is 0 Å². The summed E-state index contributed by atoms with van der Waals surface area (Å²) in [5, 5.41) is 0.735. The van der Waals surface area contributed by atoms with Crippen LogP contribution in [0.4, 0.5) is 0 Å². The van der Waals surface area contributed by atoms with Gasteiger partial charge < -0.3 is 0 Å². The molecule has 1 rings (SSSR count). The molecule has 0 N–H and O–H groups in total. The van der Waals surface area contributed by atoms with Crippen molar-refractivity contribution in [3.63, 3.8) is 0 Å². The van der Waals surface area contributed by atoms with Gasteiger partial charge in [-0.2, -0.15) is 0 Å². The molecule has 2 heteroatoms. The molecule has 1 aromatic carbocycles. The van der Waals surface area contributed by atoms with Gasteiger partial charge in [0.1, 0.15) is 0 Å². The van der Waals surface area contributed by atoms with E-state index in [9.17, 15) is 0 Å². The number of rotatable bonds is 3. The second kappa shape index (κ2) is 5.94. The maximum absolute atomic E-state index is 5.95. The molecule has 78 valence electrons. The molecule has 0 aliphatic heterocycles. The summed E-state index contributed by atoms with van der Waals surface area (Å²) in [6, 6.07) is 7.75. The number of hydrogen-bond acceptors (Lipinski definition) is 0. The first-order valence-electron chi connectivity index (χ1n) is 4.60. The standard InChI is InChI=1S/C13H12BrCl/c1-3-6-12(13(14)4-2)10-7-5-8-11(15)9-10/h3-9H,2H2,1H3/b6-3-,13-12-. The van der Waals surface area contributed by atoms with Crippen molar-refractivity contribution in [2.45, 2.75) is 6.92 Å². The number of allylic oxidation sites excluding steroid dienone is 5. The first kappa shape index (κ1) is 12.3.